The fourth-order valence-electron chi connectivity index (χ4n) is 2.88. The highest BCUT2D eigenvalue weighted by Crippen LogP contribution is 2.28. The number of halogens is 2. The topological polar surface area (TPSA) is 35.5 Å². The fraction of sp³-hybridized carbons (Fsp3) is 0.0417. The smallest absolute Gasteiger partial charge is 0.343 e. The molecule has 1 aliphatic heterocycles. The minimum atomic E-state index is -0.380. The van der Waals surface area contributed by atoms with Gasteiger partial charge in [-0.25, -0.2) is 9.18 Å². The van der Waals surface area contributed by atoms with E-state index < -0.39 is 0 Å². The van der Waals surface area contributed by atoms with Crippen LogP contribution in [0.1, 0.15) is 16.7 Å². The van der Waals surface area contributed by atoms with E-state index in [2.05, 4.69) is 15.9 Å². The van der Waals surface area contributed by atoms with Gasteiger partial charge in [0.15, 0.2) is 0 Å². The quantitative estimate of drug-likeness (QED) is 0.345. The van der Waals surface area contributed by atoms with E-state index in [0.29, 0.717) is 17.1 Å². The highest BCUT2D eigenvalue weighted by atomic mass is 79.9. The van der Waals surface area contributed by atoms with Crippen LogP contribution in [0.15, 0.2) is 88.9 Å². The van der Waals surface area contributed by atoms with Gasteiger partial charge in [-0.1, -0.05) is 52.3 Å². The summed E-state index contributed by atoms with van der Waals surface area (Å²) >= 11 is 3.39. The molecule has 0 spiro atoms. The van der Waals surface area contributed by atoms with Gasteiger partial charge in [-0.2, -0.15) is 0 Å². The molecule has 0 N–H and O–H groups in total. The third-order valence-corrected chi connectivity index (χ3v) is 4.88. The van der Waals surface area contributed by atoms with E-state index in [0.717, 1.165) is 21.2 Å². The molecule has 0 saturated heterocycles. The van der Waals surface area contributed by atoms with Gasteiger partial charge in [-0.3, -0.25) is 0 Å². The lowest BCUT2D eigenvalue weighted by Gasteiger charge is -2.06. The summed E-state index contributed by atoms with van der Waals surface area (Å²) in [6.07, 6.45) is 3.50. The summed E-state index contributed by atoms with van der Waals surface area (Å²) in [6, 6.07) is 21.2. The van der Waals surface area contributed by atoms with Crippen molar-refractivity contribution >= 4 is 33.7 Å². The lowest BCUT2D eigenvalue weighted by molar-refractivity contribution is -0.130. The highest BCUT2D eigenvalue weighted by molar-refractivity contribution is 9.10. The molecule has 0 radical (unpaired) electrons. The van der Waals surface area contributed by atoms with Crippen LogP contribution in [0.3, 0.4) is 0 Å². The Bertz CT molecular complexity index is 1100. The number of ether oxygens (including phenoxy) is 2. The molecule has 3 aromatic rings. The summed E-state index contributed by atoms with van der Waals surface area (Å²) in [5, 5.41) is 0. The molecular weight excluding hydrogens is 435 g/mol. The van der Waals surface area contributed by atoms with Crippen LogP contribution in [-0.2, 0) is 16.1 Å². The number of cyclic esters (lactones) is 1. The maximum atomic E-state index is 13.2. The second-order valence-electron chi connectivity index (χ2n) is 6.49. The average Bonchev–Trinajstić information content (AvgIpc) is 3.08. The van der Waals surface area contributed by atoms with Crippen LogP contribution in [0.2, 0.25) is 0 Å². The molecular formula is C24H16BrFO3. The Hall–Kier alpha value is -3.18. The van der Waals surface area contributed by atoms with Crippen LogP contribution < -0.4 is 4.74 Å². The van der Waals surface area contributed by atoms with Crippen LogP contribution in [0.4, 0.5) is 4.39 Å². The Labute approximate surface area is 176 Å². The lowest BCUT2D eigenvalue weighted by Crippen LogP contribution is -1.97. The molecule has 0 atom stereocenters. The first-order valence-electron chi connectivity index (χ1n) is 8.96. The molecule has 0 aliphatic carbocycles. The summed E-state index contributed by atoms with van der Waals surface area (Å²) in [7, 11) is 0. The standard InChI is InChI=1S/C24H16BrFO3/c25-20-8-6-18(7-9-20)23-14-19(24(27)29-23)12-16-4-10-22(11-5-16)28-15-17-2-1-3-21(26)13-17/h1-14H,15H2/b19-12+. The van der Waals surface area contributed by atoms with Gasteiger partial charge in [-0.05, 0) is 59.7 Å². The number of esters is 1. The lowest BCUT2D eigenvalue weighted by atomic mass is 10.1. The fourth-order valence-corrected chi connectivity index (χ4v) is 3.14. The first-order chi connectivity index (χ1) is 14.1. The zero-order valence-corrected chi connectivity index (χ0v) is 16.9. The third-order valence-electron chi connectivity index (χ3n) is 4.35. The van der Waals surface area contributed by atoms with Crippen molar-refractivity contribution in [3.8, 4) is 5.75 Å². The Morgan fingerprint density at radius 3 is 2.48 bits per heavy atom. The van der Waals surface area contributed by atoms with E-state index in [1.54, 1.807) is 18.2 Å². The van der Waals surface area contributed by atoms with Gasteiger partial charge in [0.1, 0.15) is 23.9 Å². The van der Waals surface area contributed by atoms with E-state index in [1.165, 1.54) is 12.1 Å². The summed E-state index contributed by atoms with van der Waals surface area (Å²) in [5.41, 5.74) is 2.93. The van der Waals surface area contributed by atoms with Crippen molar-refractivity contribution in [1.82, 2.24) is 0 Å². The number of benzene rings is 3. The summed E-state index contributed by atoms with van der Waals surface area (Å²) < 4.78 is 25.2. The molecule has 1 heterocycles. The first kappa shape index (κ1) is 19.2. The van der Waals surface area contributed by atoms with Crippen LogP contribution in [0.25, 0.3) is 11.8 Å². The molecule has 0 unspecified atom stereocenters. The molecule has 0 bridgehead atoms. The maximum absolute atomic E-state index is 13.2. The molecule has 0 aromatic heterocycles. The number of rotatable bonds is 5. The van der Waals surface area contributed by atoms with Crippen molar-refractivity contribution in [2.24, 2.45) is 0 Å². The maximum Gasteiger partial charge on any atom is 0.343 e. The van der Waals surface area contributed by atoms with Crippen LogP contribution in [0.5, 0.6) is 5.75 Å². The largest absolute Gasteiger partial charge is 0.489 e. The zero-order valence-electron chi connectivity index (χ0n) is 15.3. The monoisotopic (exact) mass is 450 g/mol. The number of carbonyl (C=O) groups excluding carboxylic acids is 1. The van der Waals surface area contributed by atoms with Crippen LogP contribution in [-0.4, -0.2) is 5.97 Å². The average molecular weight is 451 g/mol. The highest BCUT2D eigenvalue weighted by Gasteiger charge is 2.21. The van der Waals surface area contributed by atoms with Crippen molar-refractivity contribution in [3.63, 3.8) is 0 Å². The summed E-state index contributed by atoms with van der Waals surface area (Å²) in [4.78, 5) is 12.2. The SMILES string of the molecule is O=C1OC(c2ccc(Br)cc2)=C/C1=C\c1ccc(OCc2cccc(F)c2)cc1. The van der Waals surface area contributed by atoms with Crippen LogP contribution in [0, 0.1) is 5.82 Å². The van der Waals surface area contributed by atoms with Gasteiger partial charge in [0, 0.05) is 10.0 Å². The van der Waals surface area contributed by atoms with Crippen molar-refractivity contribution < 1.29 is 18.7 Å². The van der Waals surface area contributed by atoms with Gasteiger partial charge in [-0.15, -0.1) is 0 Å². The van der Waals surface area contributed by atoms with Crippen molar-refractivity contribution in [1.29, 1.82) is 0 Å². The van der Waals surface area contributed by atoms with Gasteiger partial charge >= 0.3 is 5.97 Å². The molecule has 5 heteroatoms. The summed E-state index contributed by atoms with van der Waals surface area (Å²) in [6.45, 7) is 0.282. The third kappa shape index (κ3) is 4.81. The normalized spacial score (nSPS) is 14.6. The predicted molar refractivity (Wildman–Crippen MR) is 113 cm³/mol. The second kappa shape index (κ2) is 8.45. The molecule has 0 fully saturated rings. The minimum Gasteiger partial charge on any atom is -0.489 e. The molecule has 144 valence electrons. The van der Waals surface area contributed by atoms with E-state index in [4.69, 9.17) is 9.47 Å². The van der Waals surface area contributed by atoms with Crippen LogP contribution >= 0.6 is 15.9 Å². The van der Waals surface area contributed by atoms with E-state index in [1.807, 2.05) is 54.6 Å². The van der Waals surface area contributed by atoms with E-state index >= 15 is 0 Å². The molecule has 3 nitrogen and oxygen atoms in total. The van der Waals surface area contributed by atoms with Crippen molar-refractivity contribution in [3.05, 3.63) is 111 Å². The Morgan fingerprint density at radius 1 is 1.00 bits per heavy atom. The Morgan fingerprint density at radius 2 is 1.76 bits per heavy atom. The van der Waals surface area contributed by atoms with Crippen molar-refractivity contribution in [2.45, 2.75) is 6.61 Å². The van der Waals surface area contributed by atoms with E-state index in [-0.39, 0.29) is 18.4 Å². The molecule has 0 saturated carbocycles. The number of carbonyl (C=O) groups is 1. The Kier molecular flexibility index (Phi) is 5.58. The van der Waals surface area contributed by atoms with Gasteiger partial charge in [0.2, 0.25) is 0 Å². The van der Waals surface area contributed by atoms with Crippen molar-refractivity contribution in [2.75, 3.05) is 0 Å². The second-order valence-corrected chi connectivity index (χ2v) is 7.41. The molecule has 4 rings (SSSR count). The predicted octanol–water partition coefficient (Wildman–Crippen LogP) is 6.15. The molecule has 29 heavy (non-hydrogen) atoms. The van der Waals surface area contributed by atoms with Gasteiger partial charge < -0.3 is 9.47 Å². The number of hydrogen-bond acceptors (Lipinski definition) is 3. The molecule has 0 amide bonds. The van der Waals surface area contributed by atoms with Gasteiger partial charge in [0.25, 0.3) is 0 Å². The zero-order chi connectivity index (χ0) is 20.2. The first-order valence-corrected chi connectivity index (χ1v) is 9.75. The van der Waals surface area contributed by atoms with Gasteiger partial charge in [0.05, 0.1) is 5.57 Å². The van der Waals surface area contributed by atoms with E-state index in [9.17, 15) is 9.18 Å². The minimum absolute atomic E-state index is 0.282. The number of hydrogen-bond donors (Lipinski definition) is 0. The Balaban J connectivity index is 1.45. The summed E-state index contributed by atoms with van der Waals surface area (Å²) in [5.74, 6) is 0.529. The molecule has 3 aromatic carbocycles. The molecule has 1 aliphatic rings.